The van der Waals surface area contributed by atoms with Crippen molar-refractivity contribution in [3.8, 4) is 0 Å². The Kier molecular flexibility index (Phi) is 6.49. The smallest absolute Gasteiger partial charge is 0.289 e. The van der Waals surface area contributed by atoms with E-state index in [-0.39, 0.29) is 11.8 Å². The molecule has 2 saturated heterocycles. The molecule has 3 heterocycles. The minimum Gasteiger partial charge on any atom is -0.451 e. The Morgan fingerprint density at radius 2 is 1.79 bits per heavy atom. The number of carbonyl (C=O) groups excluding carboxylic acids is 2. The van der Waals surface area contributed by atoms with Crippen molar-refractivity contribution in [2.24, 2.45) is 0 Å². The molecule has 1 atom stereocenters. The van der Waals surface area contributed by atoms with E-state index in [2.05, 4.69) is 10.2 Å². The average Bonchev–Trinajstić information content (AvgIpc) is 3.17. The van der Waals surface area contributed by atoms with Crippen LogP contribution in [0.5, 0.6) is 0 Å². The summed E-state index contributed by atoms with van der Waals surface area (Å²) >= 11 is 0. The lowest BCUT2D eigenvalue weighted by Gasteiger charge is -2.35. The van der Waals surface area contributed by atoms with Gasteiger partial charge in [0.1, 0.15) is 5.58 Å². The van der Waals surface area contributed by atoms with Crippen molar-refractivity contribution in [2.45, 2.75) is 51.0 Å². The van der Waals surface area contributed by atoms with Crippen LogP contribution in [0.2, 0.25) is 0 Å². The molecule has 4 rings (SSSR count). The van der Waals surface area contributed by atoms with Gasteiger partial charge in [-0.05, 0) is 50.8 Å². The van der Waals surface area contributed by atoms with Gasteiger partial charge < -0.3 is 14.6 Å². The summed E-state index contributed by atoms with van der Waals surface area (Å²) in [6.07, 6.45) is 6.76. The first-order valence-corrected chi connectivity index (χ1v) is 11.0. The molecule has 0 saturated carbocycles. The fourth-order valence-electron chi connectivity index (χ4n) is 4.55. The number of fused-ring (bicyclic) bond motifs is 2. The highest BCUT2D eigenvalue weighted by Crippen LogP contribution is 2.22. The number of piperidine rings is 1. The van der Waals surface area contributed by atoms with E-state index in [4.69, 9.17) is 4.42 Å². The van der Waals surface area contributed by atoms with Crippen molar-refractivity contribution in [3.63, 3.8) is 0 Å². The van der Waals surface area contributed by atoms with Gasteiger partial charge in [-0.2, -0.15) is 0 Å². The molecule has 0 aliphatic carbocycles. The van der Waals surface area contributed by atoms with Gasteiger partial charge in [0.15, 0.2) is 5.76 Å². The van der Waals surface area contributed by atoms with Crippen LogP contribution in [0.3, 0.4) is 0 Å². The summed E-state index contributed by atoms with van der Waals surface area (Å²) in [5.41, 5.74) is 0.751. The molecule has 2 fully saturated rings. The largest absolute Gasteiger partial charge is 0.451 e. The molecule has 0 spiro atoms. The van der Waals surface area contributed by atoms with Gasteiger partial charge in [-0.3, -0.25) is 14.5 Å². The second kappa shape index (κ2) is 9.44. The van der Waals surface area contributed by atoms with E-state index in [0.717, 1.165) is 56.3 Å². The van der Waals surface area contributed by atoms with Crippen LogP contribution in [0.1, 0.15) is 55.5 Å². The Labute approximate surface area is 172 Å². The Balaban J connectivity index is 1.46. The lowest BCUT2D eigenvalue weighted by Crippen LogP contribution is -2.44. The minimum absolute atomic E-state index is 0.0321. The van der Waals surface area contributed by atoms with E-state index < -0.39 is 0 Å². The van der Waals surface area contributed by atoms with Crippen molar-refractivity contribution >= 4 is 22.8 Å². The van der Waals surface area contributed by atoms with Crippen molar-refractivity contribution in [1.29, 1.82) is 0 Å². The van der Waals surface area contributed by atoms with Gasteiger partial charge in [-0.25, -0.2) is 0 Å². The topological polar surface area (TPSA) is 65.8 Å². The van der Waals surface area contributed by atoms with Gasteiger partial charge in [0, 0.05) is 44.0 Å². The first kappa shape index (κ1) is 20.0. The van der Waals surface area contributed by atoms with Crippen molar-refractivity contribution in [3.05, 3.63) is 36.1 Å². The average molecular weight is 398 g/mol. The Morgan fingerprint density at radius 3 is 2.69 bits per heavy atom. The van der Waals surface area contributed by atoms with Gasteiger partial charge in [-0.15, -0.1) is 0 Å². The standard InChI is InChI=1S/C23H31N3O3/c27-22-17-19-9-3-5-12-25(19)14-7-15-26(13-6-4-11-24-22)23(28)21-16-18-8-1-2-10-20(18)29-21/h1-2,8,10,16,19H,3-7,9,11-15,17H2,(H,24,27). The molecule has 156 valence electrons. The molecular formula is C23H31N3O3. The fourth-order valence-corrected chi connectivity index (χ4v) is 4.55. The second-order valence-corrected chi connectivity index (χ2v) is 8.24. The van der Waals surface area contributed by atoms with Crippen LogP contribution >= 0.6 is 0 Å². The Bertz CT molecular complexity index is 814. The quantitative estimate of drug-likeness (QED) is 0.801. The highest BCUT2D eigenvalue weighted by Gasteiger charge is 2.26. The van der Waals surface area contributed by atoms with Crippen LogP contribution < -0.4 is 5.32 Å². The third-order valence-electron chi connectivity index (χ3n) is 6.14. The van der Waals surface area contributed by atoms with Gasteiger partial charge in [-0.1, -0.05) is 24.6 Å². The summed E-state index contributed by atoms with van der Waals surface area (Å²) in [5.74, 6) is 0.548. The molecule has 29 heavy (non-hydrogen) atoms. The number of rotatable bonds is 1. The van der Waals surface area contributed by atoms with Crippen LogP contribution in [0.25, 0.3) is 11.0 Å². The number of amides is 2. The van der Waals surface area contributed by atoms with Gasteiger partial charge >= 0.3 is 0 Å². The molecule has 0 bridgehead atoms. The molecule has 1 N–H and O–H groups in total. The van der Waals surface area contributed by atoms with E-state index in [1.165, 1.54) is 12.8 Å². The number of carbonyl (C=O) groups is 2. The van der Waals surface area contributed by atoms with Crippen LogP contribution in [-0.2, 0) is 4.79 Å². The van der Waals surface area contributed by atoms with Crippen molar-refractivity contribution in [1.82, 2.24) is 15.1 Å². The number of furan rings is 1. The Morgan fingerprint density at radius 1 is 1.00 bits per heavy atom. The number of nitrogens with one attached hydrogen (secondary N) is 1. The van der Waals surface area contributed by atoms with Crippen LogP contribution in [-0.4, -0.2) is 60.4 Å². The van der Waals surface area contributed by atoms with Crippen molar-refractivity contribution in [2.75, 3.05) is 32.7 Å². The first-order chi connectivity index (χ1) is 14.2. The number of hydrogen-bond acceptors (Lipinski definition) is 4. The van der Waals surface area contributed by atoms with E-state index in [1.807, 2.05) is 35.2 Å². The van der Waals surface area contributed by atoms with E-state index in [0.29, 0.717) is 31.3 Å². The van der Waals surface area contributed by atoms with Gasteiger partial charge in [0.2, 0.25) is 5.91 Å². The highest BCUT2D eigenvalue weighted by molar-refractivity contribution is 5.96. The lowest BCUT2D eigenvalue weighted by atomic mass is 9.98. The summed E-state index contributed by atoms with van der Waals surface area (Å²) < 4.78 is 5.82. The normalized spacial score (nSPS) is 22.8. The van der Waals surface area contributed by atoms with E-state index in [9.17, 15) is 9.59 Å². The molecular weight excluding hydrogens is 366 g/mol. The monoisotopic (exact) mass is 397 g/mol. The molecule has 2 amide bonds. The zero-order valence-corrected chi connectivity index (χ0v) is 17.1. The van der Waals surface area contributed by atoms with E-state index in [1.54, 1.807) is 0 Å². The molecule has 6 heteroatoms. The zero-order valence-electron chi connectivity index (χ0n) is 17.1. The third kappa shape index (κ3) is 4.99. The molecule has 1 unspecified atom stereocenters. The van der Waals surface area contributed by atoms with Gasteiger partial charge in [0.05, 0.1) is 0 Å². The van der Waals surface area contributed by atoms with Crippen LogP contribution in [0, 0.1) is 0 Å². The summed E-state index contributed by atoms with van der Waals surface area (Å²) in [6.45, 7) is 4.07. The number of nitrogens with zero attached hydrogens (tertiary/aromatic N) is 2. The SMILES string of the molecule is O=C1CC2CCCCN2CCCN(C(=O)c2cc3ccccc3o2)CCCCN1. The summed E-state index contributed by atoms with van der Waals surface area (Å²) in [5, 5.41) is 4.02. The molecule has 2 aromatic rings. The molecule has 6 nitrogen and oxygen atoms in total. The Hall–Kier alpha value is -2.34. The lowest BCUT2D eigenvalue weighted by molar-refractivity contribution is -0.122. The molecule has 1 aromatic heterocycles. The minimum atomic E-state index is -0.0321. The fraction of sp³-hybridized carbons (Fsp3) is 0.565. The molecule has 1 aromatic carbocycles. The van der Waals surface area contributed by atoms with Gasteiger partial charge in [0.25, 0.3) is 5.91 Å². The number of hydrogen-bond donors (Lipinski definition) is 1. The summed E-state index contributed by atoms with van der Waals surface area (Å²) in [7, 11) is 0. The molecule has 2 aliphatic rings. The number of para-hydroxylation sites is 1. The second-order valence-electron chi connectivity index (χ2n) is 8.24. The molecule has 2 aliphatic heterocycles. The zero-order chi connectivity index (χ0) is 20.1. The van der Waals surface area contributed by atoms with Crippen molar-refractivity contribution < 1.29 is 14.0 Å². The summed E-state index contributed by atoms with van der Waals surface area (Å²) in [6, 6.07) is 9.92. The predicted molar refractivity (Wildman–Crippen MR) is 113 cm³/mol. The third-order valence-corrected chi connectivity index (χ3v) is 6.14. The predicted octanol–water partition coefficient (Wildman–Crippen LogP) is 3.42. The summed E-state index contributed by atoms with van der Waals surface area (Å²) in [4.78, 5) is 29.8. The first-order valence-electron chi connectivity index (χ1n) is 11.0. The maximum atomic E-state index is 13.1. The van der Waals surface area contributed by atoms with Crippen LogP contribution in [0.4, 0.5) is 0 Å². The number of benzene rings is 1. The maximum Gasteiger partial charge on any atom is 0.289 e. The van der Waals surface area contributed by atoms with E-state index >= 15 is 0 Å². The highest BCUT2D eigenvalue weighted by atomic mass is 16.3. The maximum absolute atomic E-state index is 13.1. The van der Waals surface area contributed by atoms with Crippen LogP contribution in [0.15, 0.2) is 34.7 Å². The molecule has 0 radical (unpaired) electrons.